The van der Waals surface area contributed by atoms with Gasteiger partial charge in [0.05, 0.1) is 37.5 Å². The van der Waals surface area contributed by atoms with E-state index in [9.17, 15) is 0 Å². The SMILES string of the molecule is COc1ccc(-c2cn3nc(C)c(C)nc3n2)cc1OC. The average Bonchev–Trinajstić information content (AvgIpc) is 2.89. The van der Waals surface area contributed by atoms with Gasteiger partial charge in [0.25, 0.3) is 5.78 Å². The van der Waals surface area contributed by atoms with Crippen LogP contribution in [0.3, 0.4) is 0 Å². The maximum Gasteiger partial charge on any atom is 0.251 e. The summed E-state index contributed by atoms with van der Waals surface area (Å²) in [6.07, 6.45) is 1.86. The Balaban J connectivity index is 2.12. The molecule has 0 aliphatic carbocycles. The van der Waals surface area contributed by atoms with Crippen molar-refractivity contribution in [3.63, 3.8) is 0 Å². The first kappa shape index (κ1) is 13.4. The number of nitrogens with zero attached hydrogens (tertiary/aromatic N) is 4. The summed E-state index contributed by atoms with van der Waals surface area (Å²) < 4.78 is 12.3. The van der Waals surface area contributed by atoms with Gasteiger partial charge in [-0.15, -0.1) is 0 Å². The first-order chi connectivity index (χ1) is 10.1. The monoisotopic (exact) mass is 284 g/mol. The predicted molar refractivity (Wildman–Crippen MR) is 78.8 cm³/mol. The van der Waals surface area contributed by atoms with Crippen LogP contribution in [0.15, 0.2) is 24.4 Å². The van der Waals surface area contributed by atoms with Gasteiger partial charge < -0.3 is 9.47 Å². The maximum absolute atomic E-state index is 5.32. The van der Waals surface area contributed by atoms with E-state index in [1.54, 1.807) is 18.7 Å². The van der Waals surface area contributed by atoms with Gasteiger partial charge in [0.2, 0.25) is 0 Å². The molecule has 1 aromatic carbocycles. The Morgan fingerprint density at radius 1 is 0.952 bits per heavy atom. The van der Waals surface area contributed by atoms with Gasteiger partial charge in [-0.2, -0.15) is 5.10 Å². The number of ether oxygens (including phenoxy) is 2. The van der Waals surface area contributed by atoms with Gasteiger partial charge in [-0.1, -0.05) is 0 Å². The number of aromatic nitrogens is 4. The maximum atomic E-state index is 5.32. The van der Waals surface area contributed by atoms with Gasteiger partial charge in [0, 0.05) is 5.56 Å². The van der Waals surface area contributed by atoms with E-state index in [2.05, 4.69) is 15.1 Å². The predicted octanol–water partition coefficient (Wildman–Crippen LogP) is 2.43. The number of fused-ring (bicyclic) bond motifs is 1. The topological polar surface area (TPSA) is 61.5 Å². The van der Waals surface area contributed by atoms with E-state index in [1.165, 1.54) is 0 Å². The van der Waals surface area contributed by atoms with E-state index in [1.807, 2.05) is 38.2 Å². The summed E-state index contributed by atoms with van der Waals surface area (Å²) in [6.45, 7) is 3.85. The van der Waals surface area contributed by atoms with Crippen molar-refractivity contribution in [3.05, 3.63) is 35.8 Å². The highest BCUT2D eigenvalue weighted by molar-refractivity contribution is 5.65. The van der Waals surface area contributed by atoms with Crippen LogP contribution in [0, 0.1) is 13.8 Å². The summed E-state index contributed by atoms with van der Waals surface area (Å²) in [6, 6.07) is 5.68. The normalized spacial score (nSPS) is 10.9. The number of aryl methyl sites for hydroxylation is 2. The number of hydrogen-bond acceptors (Lipinski definition) is 5. The van der Waals surface area contributed by atoms with E-state index < -0.39 is 0 Å². The van der Waals surface area contributed by atoms with E-state index in [4.69, 9.17) is 9.47 Å². The zero-order chi connectivity index (χ0) is 15.0. The Labute approximate surface area is 122 Å². The van der Waals surface area contributed by atoms with Gasteiger partial charge in [-0.25, -0.2) is 14.5 Å². The summed E-state index contributed by atoms with van der Waals surface area (Å²) in [5, 5.41) is 4.43. The molecule has 0 spiro atoms. The second kappa shape index (κ2) is 5.05. The van der Waals surface area contributed by atoms with Gasteiger partial charge in [0.15, 0.2) is 11.5 Å². The first-order valence-electron chi connectivity index (χ1n) is 6.55. The fraction of sp³-hybridized carbons (Fsp3) is 0.267. The lowest BCUT2D eigenvalue weighted by atomic mass is 10.1. The average molecular weight is 284 g/mol. The minimum Gasteiger partial charge on any atom is -0.493 e. The number of imidazole rings is 1. The van der Waals surface area contributed by atoms with Crippen molar-refractivity contribution in [2.24, 2.45) is 0 Å². The molecule has 108 valence electrons. The number of rotatable bonds is 3. The molecular weight excluding hydrogens is 268 g/mol. The molecule has 0 N–H and O–H groups in total. The fourth-order valence-electron chi connectivity index (χ4n) is 2.11. The molecule has 0 saturated carbocycles. The highest BCUT2D eigenvalue weighted by Gasteiger charge is 2.11. The Morgan fingerprint density at radius 3 is 2.43 bits per heavy atom. The van der Waals surface area contributed by atoms with E-state index in [-0.39, 0.29) is 0 Å². The molecule has 0 atom stereocenters. The molecule has 0 radical (unpaired) electrons. The van der Waals surface area contributed by atoms with E-state index >= 15 is 0 Å². The number of benzene rings is 1. The van der Waals surface area contributed by atoms with Crippen molar-refractivity contribution in [1.82, 2.24) is 19.6 Å². The van der Waals surface area contributed by atoms with Crippen molar-refractivity contribution in [2.75, 3.05) is 14.2 Å². The molecule has 2 aromatic heterocycles. The lowest BCUT2D eigenvalue weighted by Gasteiger charge is -2.08. The van der Waals surface area contributed by atoms with Crippen molar-refractivity contribution in [1.29, 1.82) is 0 Å². The fourth-order valence-corrected chi connectivity index (χ4v) is 2.11. The van der Waals surface area contributed by atoms with Crippen molar-refractivity contribution in [3.8, 4) is 22.8 Å². The van der Waals surface area contributed by atoms with Gasteiger partial charge in [0.1, 0.15) is 0 Å². The summed E-state index contributed by atoms with van der Waals surface area (Å²) in [4.78, 5) is 8.94. The van der Waals surface area contributed by atoms with E-state index in [0.717, 1.165) is 22.6 Å². The zero-order valence-corrected chi connectivity index (χ0v) is 12.4. The van der Waals surface area contributed by atoms with Crippen molar-refractivity contribution < 1.29 is 9.47 Å². The minimum atomic E-state index is 0.586. The van der Waals surface area contributed by atoms with Crippen LogP contribution < -0.4 is 9.47 Å². The van der Waals surface area contributed by atoms with Crippen LogP contribution in [0.4, 0.5) is 0 Å². The summed E-state index contributed by atoms with van der Waals surface area (Å²) in [5.41, 5.74) is 3.49. The highest BCUT2D eigenvalue weighted by Crippen LogP contribution is 2.31. The molecule has 0 bridgehead atoms. The second-order valence-electron chi connectivity index (χ2n) is 4.72. The molecule has 0 aliphatic heterocycles. The summed E-state index contributed by atoms with van der Waals surface area (Å²) in [5.74, 6) is 1.94. The smallest absolute Gasteiger partial charge is 0.251 e. The molecule has 0 amide bonds. The van der Waals surface area contributed by atoms with Crippen LogP contribution in [-0.4, -0.2) is 33.8 Å². The molecule has 3 aromatic rings. The second-order valence-corrected chi connectivity index (χ2v) is 4.72. The Hall–Kier alpha value is -2.63. The molecule has 3 rings (SSSR count). The van der Waals surface area contributed by atoms with Crippen molar-refractivity contribution >= 4 is 5.78 Å². The summed E-state index contributed by atoms with van der Waals surface area (Å²) in [7, 11) is 3.23. The van der Waals surface area contributed by atoms with Crippen LogP contribution in [0.1, 0.15) is 11.4 Å². The number of hydrogen-bond donors (Lipinski definition) is 0. The first-order valence-corrected chi connectivity index (χ1v) is 6.55. The number of methoxy groups -OCH3 is 2. The zero-order valence-electron chi connectivity index (χ0n) is 12.4. The molecule has 6 nitrogen and oxygen atoms in total. The Morgan fingerprint density at radius 2 is 1.71 bits per heavy atom. The third kappa shape index (κ3) is 2.29. The Bertz CT molecular complexity index is 772. The van der Waals surface area contributed by atoms with Crippen LogP contribution >= 0.6 is 0 Å². The molecule has 0 saturated heterocycles. The third-order valence-electron chi connectivity index (χ3n) is 3.40. The van der Waals surface area contributed by atoms with Crippen LogP contribution in [0.2, 0.25) is 0 Å². The molecule has 21 heavy (non-hydrogen) atoms. The quantitative estimate of drug-likeness (QED) is 0.739. The summed E-state index contributed by atoms with van der Waals surface area (Å²) >= 11 is 0. The van der Waals surface area contributed by atoms with Crippen LogP contribution in [0.5, 0.6) is 11.5 Å². The molecule has 6 heteroatoms. The Kier molecular flexibility index (Phi) is 3.21. The standard InChI is InChI=1S/C15H16N4O2/c1-9-10(2)18-19-8-12(17-15(19)16-9)11-5-6-13(20-3)14(7-11)21-4/h5-8H,1-4H3. The van der Waals surface area contributed by atoms with Gasteiger partial charge in [-0.05, 0) is 32.0 Å². The lowest BCUT2D eigenvalue weighted by molar-refractivity contribution is 0.355. The van der Waals surface area contributed by atoms with Crippen molar-refractivity contribution in [2.45, 2.75) is 13.8 Å². The molecule has 0 fully saturated rings. The van der Waals surface area contributed by atoms with Crippen LogP contribution in [-0.2, 0) is 0 Å². The molecular formula is C15H16N4O2. The van der Waals surface area contributed by atoms with Gasteiger partial charge >= 0.3 is 0 Å². The highest BCUT2D eigenvalue weighted by atomic mass is 16.5. The largest absolute Gasteiger partial charge is 0.493 e. The molecule has 0 aliphatic rings. The lowest BCUT2D eigenvalue weighted by Crippen LogP contribution is -1.99. The van der Waals surface area contributed by atoms with E-state index in [0.29, 0.717) is 17.3 Å². The molecule has 0 unspecified atom stereocenters. The van der Waals surface area contributed by atoms with Crippen LogP contribution in [0.25, 0.3) is 17.0 Å². The minimum absolute atomic E-state index is 0.586. The third-order valence-corrected chi connectivity index (χ3v) is 3.40. The van der Waals surface area contributed by atoms with Gasteiger partial charge in [-0.3, -0.25) is 0 Å². The molecule has 2 heterocycles.